The number of alkyl carbamates (subject to hydrolysis) is 1. The zero-order valence-corrected chi connectivity index (χ0v) is 16.9. The lowest BCUT2D eigenvalue weighted by Crippen LogP contribution is -2.51. The minimum atomic E-state index is -1.28. The van der Waals surface area contributed by atoms with Crippen LogP contribution in [0.15, 0.2) is 0 Å². The van der Waals surface area contributed by atoms with E-state index in [-0.39, 0.29) is 24.3 Å². The van der Waals surface area contributed by atoms with Crippen LogP contribution in [0.25, 0.3) is 0 Å². The van der Waals surface area contributed by atoms with Crippen molar-refractivity contribution in [2.45, 2.75) is 44.6 Å². The lowest BCUT2D eigenvalue weighted by molar-refractivity contribution is -0.139. The third-order valence-electron chi connectivity index (χ3n) is 5.63. The summed E-state index contributed by atoms with van der Waals surface area (Å²) >= 11 is 0. The molecule has 2 rings (SSSR count). The zero-order valence-electron chi connectivity index (χ0n) is 16.9. The van der Waals surface area contributed by atoms with Crippen molar-refractivity contribution < 1.29 is 29.0 Å². The van der Waals surface area contributed by atoms with Crippen molar-refractivity contribution >= 4 is 23.9 Å². The van der Waals surface area contributed by atoms with Gasteiger partial charge in [-0.25, -0.2) is 9.59 Å². The van der Waals surface area contributed by atoms with Crippen LogP contribution in [-0.4, -0.2) is 79.8 Å². The van der Waals surface area contributed by atoms with Crippen molar-refractivity contribution in [3.8, 4) is 0 Å². The Morgan fingerprint density at radius 2 is 1.93 bits per heavy atom. The number of hydrogen-bond donors (Lipinski definition) is 4. The van der Waals surface area contributed by atoms with E-state index in [1.807, 2.05) is 0 Å². The van der Waals surface area contributed by atoms with Crippen LogP contribution in [0.4, 0.5) is 4.79 Å². The predicted molar refractivity (Wildman–Crippen MR) is 104 cm³/mol. The normalized spacial score (nSPS) is 21.1. The first-order chi connectivity index (χ1) is 13.9. The number of carboxylic acids is 1. The SMILES string of the molecule is COC(=O)N[C@H](CNC(=O)[C@@H]1CCCN(C(=O)CCC2CCNCC2)C1)C(=O)O. The van der Waals surface area contributed by atoms with Crippen molar-refractivity contribution in [3.05, 3.63) is 0 Å². The molecule has 10 heteroatoms. The van der Waals surface area contributed by atoms with E-state index < -0.39 is 18.1 Å². The number of aliphatic carboxylic acids is 1. The van der Waals surface area contributed by atoms with Gasteiger partial charge in [-0.3, -0.25) is 9.59 Å². The van der Waals surface area contributed by atoms with Crippen LogP contribution < -0.4 is 16.0 Å². The number of nitrogens with one attached hydrogen (secondary N) is 3. The van der Waals surface area contributed by atoms with E-state index in [2.05, 4.69) is 20.7 Å². The molecular weight excluding hydrogens is 380 g/mol. The summed E-state index contributed by atoms with van der Waals surface area (Å²) in [5.41, 5.74) is 0. The number of hydrogen-bond acceptors (Lipinski definition) is 6. The summed E-state index contributed by atoms with van der Waals surface area (Å²) in [6.07, 6.45) is 4.09. The topological polar surface area (TPSA) is 137 Å². The number of carboxylic acid groups (broad SMARTS) is 1. The van der Waals surface area contributed by atoms with Gasteiger partial charge in [0.15, 0.2) is 0 Å². The van der Waals surface area contributed by atoms with E-state index in [1.54, 1.807) is 4.90 Å². The number of carbonyl (C=O) groups excluding carboxylic acids is 3. The zero-order chi connectivity index (χ0) is 21.2. The highest BCUT2D eigenvalue weighted by Crippen LogP contribution is 2.21. The molecule has 0 bridgehead atoms. The van der Waals surface area contributed by atoms with Gasteiger partial charge < -0.3 is 30.7 Å². The summed E-state index contributed by atoms with van der Waals surface area (Å²) in [5, 5.41) is 17.2. The summed E-state index contributed by atoms with van der Waals surface area (Å²) in [6.45, 7) is 2.76. The highest BCUT2D eigenvalue weighted by molar-refractivity contribution is 5.83. The van der Waals surface area contributed by atoms with Gasteiger partial charge in [-0.2, -0.15) is 0 Å². The van der Waals surface area contributed by atoms with E-state index in [9.17, 15) is 19.2 Å². The molecule has 29 heavy (non-hydrogen) atoms. The molecule has 0 radical (unpaired) electrons. The Kier molecular flexibility index (Phi) is 9.17. The van der Waals surface area contributed by atoms with Crippen LogP contribution in [0.3, 0.4) is 0 Å². The molecule has 2 heterocycles. The van der Waals surface area contributed by atoms with E-state index in [4.69, 9.17) is 5.11 Å². The monoisotopic (exact) mass is 412 g/mol. The molecule has 0 saturated carbocycles. The van der Waals surface area contributed by atoms with Crippen LogP contribution in [0.2, 0.25) is 0 Å². The van der Waals surface area contributed by atoms with Crippen molar-refractivity contribution in [3.63, 3.8) is 0 Å². The smallest absolute Gasteiger partial charge is 0.407 e. The molecule has 2 atom stereocenters. The van der Waals surface area contributed by atoms with Gasteiger partial charge in [0.05, 0.1) is 13.0 Å². The van der Waals surface area contributed by atoms with Gasteiger partial charge in [0.1, 0.15) is 6.04 Å². The fourth-order valence-corrected chi connectivity index (χ4v) is 3.82. The summed E-state index contributed by atoms with van der Waals surface area (Å²) < 4.78 is 4.39. The lowest BCUT2D eigenvalue weighted by atomic mass is 9.92. The summed E-state index contributed by atoms with van der Waals surface area (Å²) in [4.78, 5) is 49.2. The fourth-order valence-electron chi connectivity index (χ4n) is 3.82. The predicted octanol–water partition coefficient (Wildman–Crippen LogP) is -0.0698. The first-order valence-corrected chi connectivity index (χ1v) is 10.2. The number of nitrogens with zero attached hydrogens (tertiary/aromatic N) is 1. The molecule has 4 N–H and O–H groups in total. The van der Waals surface area contributed by atoms with Gasteiger partial charge >= 0.3 is 12.1 Å². The van der Waals surface area contributed by atoms with Crippen molar-refractivity contribution in [1.82, 2.24) is 20.9 Å². The molecule has 2 aliphatic heterocycles. The molecule has 2 fully saturated rings. The Labute approximate surface area is 170 Å². The Morgan fingerprint density at radius 1 is 1.21 bits per heavy atom. The molecule has 2 aliphatic rings. The Balaban J connectivity index is 1.77. The first kappa shape index (κ1) is 22.9. The van der Waals surface area contributed by atoms with E-state index in [1.165, 1.54) is 0 Å². The van der Waals surface area contributed by atoms with E-state index >= 15 is 0 Å². The average molecular weight is 412 g/mol. The van der Waals surface area contributed by atoms with Crippen LogP contribution in [0, 0.1) is 11.8 Å². The quantitative estimate of drug-likeness (QED) is 0.438. The average Bonchev–Trinajstić information content (AvgIpc) is 2.75. The molecule has 0 spiro atoms. The number of methoxy groups -OCH3 is 1. The molecule has 10 nitrogen and oxygen atoms in total. The van der Waals surface area contributed by atoms with Crippen LogP contribution in [-0.2, 0) is 19.1 Å². The molecule has 0 unspecified atom stereocenters. The van der Waals surface area contributed by atoms with Crippen LogP contribution >= 0.6 is 0 Å². The van der Waals surface area contributed by atoms with Gasteiger partial charge in [-0.05, 0) is 51.1 Å². The Bertz CT molecular complexity index is 593. The summed E-state index contributed by atoms with van der Waals surface area (Å²) in [5.74, 6) is -1.29. The van der Waals surface area contributed by atoms with Crippen LogP contribution in [0.5, 0.6) is 0 Å². The Hall–Kier alpha value is -2.36. The standard InChI is InChI=1S/C19H32N4O6/c1-29-19(28)22-15(18(26)27)11-21-17(25)14-3-2-10-23(12-14)16(24)5-4-13-6-8-20-9-7-13/h13-15,20H,2-12H2,1H3,(H,21,25)(H,22,28)(H,26,27)/t14-,15-/m1/s1. The molecule has 164 valence electrons. The van der Waals surface area contributed by atoms with Crippen molar-refractivity contribution in [2.75, 3.05) is 39.8 Å². The van der Waals surface area contributed by atoms with E-state index in [0.29, 0.717) is 31.8 Å². The fraction of sp³-hybridized carbons (Fsp3) is 0.789. The summed E-state index contributed by atoms with van der Waals surface area (Å²) in [7, 11) is 1.13. The minimum Gasteiger partial charge on any atom is -0.480 e. The van der Waals surface area contributed by atoms with Gasteiger partial charge in [-0.15, -0.1) is 0 Å². The van der Waals surface area contributed by atoms with Crippen molar-refractivity contribution in [2.24, 2.45) is 11.8 Å². The van der Waals surface area contributed by atoms with Gasteiger partial charge in [0, 0.05) is 26.1 Å². The number of ether oxygens (including phenoxy) is 1. The largest absolute Gasteiger partial charge is 0.480 e. The molecule has 0 aromatic heterocycles. The molecule has 2 saturated heterocycles. The summed E-state index contributed by atoms with van der Waals surface area (Å²) in [6, 6.07) is -1.28. The molecular formula is C19H32N4O6. The first-order valence-electron chi connectivity index (χ1n) is 10.2. The Morgan fingerprint density at radius 3 is 2.59 bits per heavy atom. The van der Waals surface area contributed by atoms with Gasteiger partial charge in [0.25, 0.3) is 0 Å². The second kappa shape index (κ2) is 11.6. The molecule has 3 amide bonds. The van der Waals surface area contributed by atoms with Gasteiger partial charge in [0.2, 0.25) is 11.8 Å². The third-order valence-corrected chi connectivity index (χ3v) is 5.63. The maximum atomic E-state index is 12.6. The molecule has 0 aromatic carbocycles. The maximum Gasteiger partial charge on any atom is 0.407 e. The molecule has 0 aliphatic carbocycles. The highest BCUT2D eigenvalue weighted by atomic mass is 16.5. The highest BCUT2D eigenvalue weighted by Gasteiger charge is 2.30. The van der Waals surface area contributed by atoms with Crippen molar-refractivity contribution in [1.29, 1.82) is 0 Å². The second-order valence-corrected chi connectivity index (χ2v) is 7.68. The van der Waals surface area contributed by atoms with Gasteiger partial charge in [-0.1, -0.05) is 0 Å². The number of rotatable bonds is 8. The number of likely N-dealkylation sites (tertiary alicyclic amines) is 1. The maximum absolute atomic E-state index is 12.6. The number of carbonyl (C=O) groups is 4. The second-order valence-electron chi connectivity index (χ2n) is 7.68. The lowest BCUT2D eigenvalue weighted by Gasteiger charge is -2.33. The van der Waals surface area contributed by atoms with E-state index in [0.717, 1.165) is 45.9 Å². The molecule has 0 aromatic rings. The number of amides is 3. The van der Waals surface area contributed by atoms with Crippen LogP contribution in [0.1, 0.15) is 38.5 Å². The number of piperidine rings is 2. The minimum absolute atomic E-state index is 0.0804. The third kappa shape index (κ3) is 7.52.